The smallest absolute Gasteiger partial charge is 0.139 e. The molecule has 0 spiro atoms. The van der Waals surface area contributed by atoms with Crippen LogP contribution in [0.3, 0.4) is 0 Å². The Morgan fingerprint density at radius 1 is 0.767 bits per heavy atom. The molecule has 6 nitrogen and oxygen atoms in total. The molecule has 4 aromatic rings. The Hall–Kier alpha value is -3.51. The number of aryl methyl sites for hydroxylation is 4. The average Bonchev–Trinajstić information content (AvgIpc) is 3.22. The number of pyridine rings is 1. The Labute approximate surface area is 177 Å². The molecule has 4 rings (SSSR count). The van der Waals surface area contributed by atoms with Crippen LogP contribution in [0.25, 0.3) is 11.6 Å². The van der Waals surface area contributed by atoms with Gasteiger partial charge in [0.25, 0.3) is 0 Å². The van der Waals surface area contributed by atoms with Gasteiger partial charge in [0.15, 0.2) is 0 Å². The number of nitrogens with two attached hydrogens (primary N) is 2. The largest absolute Gasteiger partial charge is 0.397 e. The van der Waals surface area contributed by atoms with E-state index in [1.54, 1.807) is 5.01 Å². The number of para-hydroxylation sites is 2. The van der Waals surface area contributed by atoms with E-state index in [1.807, 2.05) is 24.3 Å². The van der Waals surface area contributed by atoms with Crippen LogP contribution in [0.2, 0.25) is 0 Å². The van der Waals surface area contributed by atoms with E-state index in [0.29, 0.717) is 12.2 Å². The fraction of sp³-hybridized carbons (Fsp3) is 0.208. The topological polar surface area (TPSA) is 78.0 Å². The lowest BCUT2D eigenvalue weighted by Crippen LogP contribution is -2.31. The number of nitrogens with zero attached hydrogens (tertiary/aromatic N) is 4. The third kappa shape index (κ3) is 3.57. The Morgan fingerprint density at radius 2 is 1.23 bits per heavy atom. The van der Waals surface area contributed by atoms with Crippen LogP contribution >= 0.6 is 0 Å². The van der Waals surface area contributed by atoms with Crippen molar-refractivity contribution in [2.45, 2.75) is 34.2 Å². The third-order valence-electron chi connectivity index (χ3n) is 5.46. The lowest BCUT2D eigenvalue weighted by Gasteiger charge is -2.22. The van der Waals surface area contributed by atoms with Crippen molar-refractivity contribution in [3.05, 3.63) is 89.0 Å². The van der Waals surface area contributed by atoms with Gasteiger partial charge in [-0.3, -0.25) is 0 Å². The first-order chi connectivity index (χ1) is 14.3. The summed E-state index contributed by atoms with van der Waals surface area (Å²) in [5, 5.41) is 1.68. The number of aromatic nitrogens is 3. The number of hydrogen-bond donors (Lipinski definition) is 2. The fourth-order valence-electron chi connectivity index (χ4n) is 3.97. The van der Waals surface area contributed by atoms with E-state index < -0.39 is 0 Å². The molecule has 0 saturated heterocycles. The minimum atomic E-state index is 0.509. The summed E-state index contributed by atoms with van der Waals surface area (Å²) in [4.78, 5) is 5.00. The predicted octanol–water partition coefficient (Wildman–Crippen LogP) is 4.36. The van der Waals surface area contributed by atoms with Crippen molar-refractivity contribution in [1.82, 2.24) is 14.1 Å². The van der Waals surface area contributed by atoms with Gasteiger partial charge in [0.1, 0.15) is 11.6 Å². The molecule has 6 heteroatoms. The summed E-state index contributed by atoms with van der Waals surface area (Å²) in [5.74, 6) is 8.16. The van der Waals surface area contributed by atoms with Crippen molar-refractivity contribution in [2.24, 2.45) is 5.84 Å². The van der Waals surface area contributed by atoms with Gasteiger partial charge < -0.3 is 19.9 Å². The zero-order valence-corrected chi connectivity index (χ0v) is 17.9. The summed E-state index contributed by atoms with van der Waals surface area (Å²) < 4.78 is 4.33. The summed E-state index contributed by atoms with van der Waals surface area (Å²) in [7, 11) is 0. The SMILES string of the molecule is Cc1ccc(C)n1-c1cc(CN(N)c2ccccc2N)cc(-n2c(C)ccc2C)n1. The lowest BCUT2D eigenvalue weighted by atomic mass is 10.2. The number of benzene rings is 1. The molecule has 0 aliphatic carbocycles. The predicted molar refractivity (Wildman–Crippen MR) is 123 cm³/mol. The lowest BCUT2D eigenvalue weighted by molar-refractivity contribution is 0.828. The number of rotatable bonds is 5. The molecule has 3 aromatic heterocycles. The molecule has 0 radical (unpaired) electrons. The van der Waals surface area contributed by atoms with Gasteiger partial charge in [-0.05, 0) is 81.8 Å². The molecule has 154 valence electrons. The van der Waals surface area contributed by atoms with Crippen LogP contribution in [0.4, 0.5) is 11.4 Å². The molecule has 0 amide bonds. The van der Waals surface area contributed by atoms with E-state index in [-0.39, 0.29) is 0 Å². The zero-order chi connectivity index (χ0) is 21.4. The van der Waals surface area contributed by atoms with E-state index in [0.717, 1.165) is 45.7 Å². The normalized spacial score (nSPS) is 11.1. The maximum Gasteiger partial charge on any atom is 0.139 e. The van der Waals surface area contributed by atoms with E-state index in [1.165, 1.54) is 0 Å². The molecule has 0 saturated carbocycles. The van der Waals surface area contributed by atoms with Gasteiger partial charge in [-0.25, -0.2) is 10.8 Å². The van der Waals surface area contributed by atoms with Crippen LogP contribution in [0.5, 0.6) is 0 Å². The van der Waals surface area contributed by atoms with Gasteiger partial charge in [0, 0.05) is 22.8 Å². The fourth-order valence-corrected chi connectivity index (χ4v) is 3.97. The van der Waals surface area contributed by atoms with Gasteiger partial charge in [-0.2, -0.15) is 0 Å². The number of nitrogen functional groups attached to an aromatic ring is 1. The van der Waals surface area contributed by atoms with Gasteiger partial charge in [-0.15, -0.1) is 0 Å². The van der Waals surface area contributed by atoms with Crippen molar-refractivity contribution in [3.63, 3.8) is 0 Å². The average molecular weight is 401 g/mol. The van der Waals surface area contributed by atoms with Crippen molar-refractivity contribution in [2.75, 3.05) is 10.7 Å². The molecule has 3 heterocycles. The molecule has 0 unspecified atom stereocenters. The highest BCUT2D eigenvalue weighted by atomic mass is 15.4. The second kappa shape index (κ2) is 7.72. The van der Waals surface area contributed by atoms with E-state index in [2.05, 4.69) is 73.2 Å². The number of hydrogen-bond acceptors (Lipinski definition) is 4. The van der Waals surface area contributed by atoms with Crippen molar-refractivity contribution < 1.29 is 0 Å². The second-order valence-electron chi connectivity index (χ2n) is 7.78. The molecule has 0 fully saturated rings. The second-order valence-corrected chi connectivity index (χ2v) is 7.78. The van der Waals surface area contributed by atoms with Crippen LogP contribution in [0.15, 0.2) is 60.7 Å². The quantitative estimate of drug-likeness (QED) is 0.296. The number of hydrazine groups is 1. The standard InChI is InChI=1S/C24H28N6/c1-16-9-10-17(2)29(16)23-13-20(15-28(26)22-8-6-5-7-21(22)25)14-24(27-23)30-18(3)11-12-19(30)4/h5-14H,15,25-26H2,1-4H3. The molecule has 4 N–H and O–H groups in total. The highest BCUT2D eigenvalue weighted by Gasteiger charge is 2.14. The van der Waals surface area contributed by atoms with Gasteiger partial charge in [0.2, 0.25) is 0 Å². The molecule has 0 bridgehead atoms. The first-order valence-corrected chi connectivity index (χ1v) is 10.0. The van der Waals surface area contributed by atoms with Crippen molar-refractivity contribution in [1.29, 1.82) is 0 Å². The molecule has 0 aliphatic rings. The summed E-state index contributed by atoms with van der Waals surface area (Å²) in [5.41, 5.74) is 13.2. The van der Waals surface area contributed by atoms with Gasteiger partial charge >= 0.3 is 0 Å². The highest BCUT2D eigenvalue weighted by Crippen LogP contribution is 2.25. The Bertz CT molecular complexity index is 1100. The van der Waals surface area contributed by atoms with Crippen LogP contribution in [0, 0.1) is 27.7 Å². The first kappa shape index (κ1) is 19.8. The van der Waals surface area contributed by atoms with Gasteiger partial charge in [-0.1, -0.05) is 12.1 Å². The monoisotopic (exact) mass is 400 g/mol. The van der Waals surface area contributed by atoms with Crippen molar-refractivity contribution in [3.8, 4) is 11.6 Å². The molecule has 1 aromatic carbocycles. The van der Waals surface area contributed by atoms with Crippen LogP contribution < -0.4 is 16.6 Å². The van der Waals surface area contributed by atoms with E-state index in [4.69, 9.17) is 16.6 Å². The summed E-state index contributed by atoms with van der Waals surface area (Å²) >= 11 is 0. The summed E-state index contributed by atoms with van der Waals surface area (Å²) in [6.45, 7) is 8.87. The highest BCUT2D eigenvalue weighted by molar-refractivity contribution is 5.66. The molecular formula is C24H28N6. The van der Waals surface area contributed by atoms with E-state index in [9.17, 15) is 0 Å². The van der Waals surface area contributed by atoms with Crippen molar-refractivity contribution >= 4 is 11.4 Å². The maximum atomic E-state index is 6.40. The molecular weight excluding hydrogens is 372 g/mol. The molecule has 30 heavy (non-hydrogen) atoms. The van der Waals surface area contributed by atoms with Crippen LogP contribution in [-0.2, 0) is 6.54 Å². The summed E-state index contributed by atoms with van der Waals surface area (Å²) in [6.07, 6.45) is 0. The van der Waals surface area contributed by atoms with Gasteiger partial charge in [0.05, 0.1) is 17.9 Å². The Morgan fingerprint density at radius 3 is 1.70 bits per heavy atom. The minimum Gasteiger partial charge on any atom is -0.397 e. The minimum absolute atomic E-state index is 0.509. The first-order valence-electron chi connectivity index (χ1n) is 10.0. The molecule has 0 aliphatic heterocycles. The third-order valence-corrected chi connectivity index (χ3v) is 5.46. The maximum absolute atomic E-state index is 6.40. The molecule has 0 atom stereocenters. The Kier molecular flexibility index (Phi) is 5.10. The summed E-state index contributed by atoms with van der Waals surface area (Å²) in [6, 6.07) is 20.2. The zero-order valence-electron chi connectivity index (χ0n) is 17.9. The van der Waals surface area contributed by atoms with Crippen LogP contribution in [0.1, 0.15) is 28.3 Å². The number of anilines is 2. The Balaban J connectivity index is 1.83. The van der Waals surface area contributed by atoms with E-state index >= 15 is 0 Å². The van der Waals surface area contributed by atoms with Crippen LogP contribution in [-0.4, -0.2) is 14.1 Å².